The third kappa shape index (κ3) is 5.57. The maximum absolute atomic E-state index is 4.92. The van der Waals surface area contributed by atoms with Crippen LogP contribution in [0.25, 0.3) is 32.7 Å². The van der Waals surface area contributed by atoms with E-state index in [4.69, 9.17) is 12.6 Å². The predicted octanol–water partition coefficient (Wildman–Crippen LogP) is 6.12. The van der Waals surface area contributed by atoms with Crippen LogP contribution in [0.5, 0.6) is 0 Å². The Kier molecular flexibility index (Phi) is 7.80. The molecule has 0 atom stereocenters. The second kappa shape index (κ2) is 10.5. The van der Waals surface area contributed by atoms with Crippen molar-refractivity contribution in [3.8, 4) is 22.5 Å². The van der Waals surface area contributed by atoms with Crippen molar-refractivity contribution in [1.29, 1.82) is 0 Å². The van der Waals surface area contributed by atoms with Crippen LogP contribution in [0.1, 0.15) is 5.56 Å². The quantitative estimate of drug-likeness (QED) is 0.179. The fourth-order valence-corrected chi connectivity index (χ4v) is 3.95. The summed E-state index contributed by atoms with van der Waals surface area (Å²) in [4.78, 5) is 12.9. The molecule has 150 valence electrons. The van der Waals surface area contributed by atoms with E-state index in [0.29, 0.717) is 0 Å². The molecule has 6 heteroatoms. The number of nitrogens with zero attached hydrogens (tertiary/aromatic N) is 3. The van der Waals surface area contributed by atoms with Crippen LogP contribution < -0.4 is 0 Å². The Morgan fingerprint density at radius 2 is 1.37 bits per heavy atom. The van der Waals surface area contributed by atoms with Crippen LogP contribution >= 0.6 is 11.3 Å². The largest absolute Gasteiger partial charge is 2.00 e. The van der Waals surface area contributed by atoms with Gasteiger partial charge in [-0.1, -0.05) is 60.5 Å². The van der Waals surface area contributed by atoms with Gasteiger partial charge in [0.2, 0.25) is 0 Å². The van der Waals surface area contributed by atoms with Crippen molar-refractivity contribution in [2.45, 2.75) is 11.3 Å². The van der Waals surface area contributed by atoms with Gasteiger partial charge in [0.15, 0.2) is 0 Å². The first-order valence-corrected chi connectivity index (χ1v) is 10.3. The van der Waals surface area contributed by atoms with Crippen molar-refractivity contribution in [2.75, 3.05) is 0 Å². The summed E-state index contributed by atoms with van der Waals surface area (Å²) in [6.45, 7) is 2.08. The maximum atomic E-state index is 4.92. The Balaban J connectivity index is 0.000000197. The third-order valence-corrected chi connectivity index (χ3v) is 5.34. The van der Waals surface area contributed by atoms with Gasteiger partial charge in [0.1, 0.15) is 0 Å². The summed E-state index contributed by atoms with van der Waals surface area (Å²) in [6.07, 6.45) is 3.60. The van der Waals surface area contributed by atoms with Crippen LogP contribution in [-0.2, 0) is 33.7 Å². The van der Waals surface area contributed by atoms with Gasteiger partial charge < -0.3 is 24.0 Å². The molecule has 5 rings (SSSR count). The fourth-order valence-electron chi connectivity index (χ4n) is 2.89. The average Bonchev–Trinajstić information content (AvgIpc) is 3.15. The summed E-state index contributed by atoms with van der Waals surface area (Å²) >= 11 is 6.48. The Bertz CT molecular complexity index is 1130. The molecule has 0 saturated heterocycles. The molecule has 0 saturated carbocycles. The number of fused-ring (bicyclic) bond motifs is 1. The monoisotopic (exact) mass is 606 g/mol. The number of hydrogen-bond donors (Lipinski definition) is 0. The van der Waals surface area contributed by atoms with E-state index in [1.165, 1.54) is 10.3 Å². The Labute approximate surface area is 199 Å². The van der Waals surface area contributed by atoms with Crippen LogP contribution in [0.4, 0.5) is 0 Å². The van der Waals surface area contributed by atoms with Gasteiger partial charge in [-0.05, 0) is 27.2 Å². The average molecular weight is 607 g/mol. The number of aryl methyl sites for hydroxylation is 1. The van der Waals surface area contributed by atoms with E-state index >= 15 is 0 Å². The first-order valence-electron chi connectivity index (χ1n) is 9.08. The summed E-state index contributed by atoms with van der Waals surface area (Å²) in [5.74, 6) is 0. The van der Waals surface area contributed by atoms with Crippen molar-refractivity contribution < 1.29 is 21.1 Å². The molecule has 3 nitrogen and oxygen atoms in total. The molecule has 0 bridgehead atoms. The smallest absolute Gasteiger partial charge is 0.408 e. The molecule has 0 unspecified atom stereocenters. The van der Waals surface area contributed by atoms with E-state index in [0.717, 1.165) is 32.4 Å². The van der Waals surface area contributed by atoms with Crippen LogP contribution in [0.15, 0.2) is 89.5 Å². The summed E-state index contributed by atoms with van der Waals surface area (Å²) in [7, 11) is 0. The van der Waals surface area contributed by atoms with Gasteiger partial charge in [-0.3, -0.25) is 15.0 Å². The van der Waals surface area contributed by atoms with E-state index in [9.17, 15) is 0 Å². The van der Waals surface area contributed by atoms with Crippen molar-refractivity contribution in [2.24, 2.45) is 0 Å². The van der Waals surface area contributed by atoms with Gasteiger partial charge >= 0.3 is 21.1 Å². The zero-order valence-corrected chi connectivity index (χ0v) is 20.0. The van der Waals surface area contributed by atoms with Crippen LogP contribution in [-0.4, -0.2) is 15.0 Å². The van der Waals surface area contributed by atoms with Crippen molar-refractivity contribution in [1.82, 2.24) is 15.0 Å². The van der Waals surface area contributed by atoms with Gasteiger partial charge in [0.25, 0.3) is 0 Å². The molecule has 0 aliphatic heterocycles. The van der Waals surface area contributed by atoms with E-state index in [1.807, 2.05) is 60.7 Å². The number of thiazole rings is 1. The molecule has 0 amide bonds. The Hall–Kier alpha value is -2.46. The predicted molar refractivity (Wildman–Crippen MR) is 122 cm³/mol. The number of rotatable bonds is 2. The Morgan fingerprint density at radius 1 is 0.800 bits per heavy atom. The van der Waals surface area contributed by atoms with Gasteiger partial charge in [-0.25, -0.2) is 0 Å². The van der Waals surface area contributed by atoms with Gasteiger partial charge in [-0.15, -0.1) is 23.8 Å². The Morgan fingerprint density at radius 3 is 1.90 bits per heavy atom. The maximum Gasteiger partial charge on any atom is 2.00 e. The molecule has 3 heterocycles. The summed E-state index contributed by atoms with van der Waals surface area (Å²) in [5.41, 5.74) is 6.06. The van der Waals surface area contributed by atoms with Gasteiger partial charge in [0, 0.05) is 23.8 Å². The molecular formula is C24H17N3PtS2. The minimum absolute atomic E-state index is 0. The van der Waals surface area contributed by atoms with Crippen LogP contribution in [0.2, 0.25) is 0 Å². The van der Waals surface area contributed by atoms with E-state index in [2.05, 4.69) is 40.1 Å². The van der Waals surface area contributed by atoms with Crippen molar-refractivity contribution in [3.05, 3.63) is 96.8 Å². The topological polar surface area (TPSA) is 38.7 Å². The molecule has 3 aromatic heterocycles. The number of hydrogen-bond acceptors (Lipinski definition) is 5. The fraction of sp³-hybridized carbons (Fsp3) is 0.0417. The zero-order chi connectivity index (χ0) is 20.1. The van der Waals surface area contributed by atoms with Crippen LogP contribution in [0, 0.1) is 13.0 Å². The standard InChI is InChI=1S/C17H13N2.C7H5NS2.Pt/c1-13-10-14(16-6-2-4-8-18-16)12-15(11-13)17-7-3-5-9-19-17;9-7-8-5-3-1-2-4-6(5)10-7;/h2-11H,1H3;1-4H,(H,8,9);/q-1;;+2/p-1. The second-order valence-corrected chi connectivity index (χ2v) is 8.04. The van der Waals surface area contributed by atoms with E-state index in [-0.39, 0.29) is 21.1 Å². The molecule has 0 N–H and O–H groups in total. The second-order valence-electron chi connectivity index (χ2n) is 6.36. The molecule has 2 aromatic carbocycles. The van der Waals surface area contributed by atoms with Gasteiger partial charge in [0.05, 0.1) is 5.52 Å². The summed E-state index contributed by atoms with van der Waals surface area (Å²) in [5, 5.41) is 0. The molecular weight excluding hydrogens is 589 g/mol. The van der Waals surface area contributed by atoms with E-state index in [1.54, 1.807) is 23.7 Å². The molecule has 0 aliphatic rings. The molecule has 0 spiro atoms. The van der Waals surface area contributed by atoms with Gasteiger partial charge in [-0.2, -0.15) is 0 Å². The molecule has 0 radical (unpaired) electrons. The first-order chi connectivity index (χ1) is 14.2. The van der Waals surface area contributed by atoms with Crippen LogP contribution in [0.3, 0.4) is 0 Å². The number of pyridine rings is 2. The first kappa shape index (κ1) is 22.2. The molecule has 0 aliphatic carbocycles. The zero-order valence-electron chi connectivity index (χ0n) is 16.1. The van der Waals surface area contributed by atoms with Crippen molar-refractivity contribution in [3.63, 3.8) is 0 Å². The van der Waals surface area contributed by atoms with Crippen molar-refractivity contribution >= 4 is 34.2 Å². The molecule has 5 aromatic rings. The number of benzene rings is 2. The van der Waals surface area contributed by atoms with E-state index < -0.39 is 0 Å². The summed E-state index contributed by atoms with van der Waals surface area (Å²) < 4.78 is 1.90. The number of para-hydroxylation sites is 1. The SMILES string of the molecule is Cc1cc(-c2ccccn2)[c-]c(-c2ccccn2)c1.[Pt+2].[S-]c1nc2ccccc2s1. The molecule has 30 heavy (non-hydrogen) atoms. The minimum atomic E-state index is 0. The normalized spacial score (nSPS) is 10.0. The summed E-state index contributed by atoms with van der Waals surface area (Å²) in [6, 6.07) is 27.3. The minimum Gasteiger partial charge on any atom is -0.408 e. The third-order valence-electron chi connectivity index (χ3n) is 4.17. The number of aromatic nitrogens is 3. The molecule has 0 fully saturated rings.